The molecule has 29 heavy (non-hydrogen) atoms. The lowest BCUT2D eigenvalue weighted by Gasteiger charge is -2.18. The summed E-state index contributed by atoms with van der Waals surface area (Å²) in [5, 5.41) is 14.5. The maximum Gasteiger partial charge on any atom is 0.232 e. The van der Waals surface area contributed by atoms with Crippen molar-refractivity contribution in [1.29, 1.82) is 0 Å². The Morgan fingerprint density at radius 3 is 2.52 bits per heavy atom. The van der Waals surface area contributed by atoms with Crippen LogP contribution < -0.4 is 5.32 Å². The van der Waals surface area contributed by atoms with E-state index in [2.05, 4.69) is 15.3 Å². The van der Waals surface area contributed by atoms with Crippen LogP contribution in [-0.2, 0) is 11.2 Å². The van der Waals surface area contributed by atoms with E-state index in [0.29, 0.717) is 22.3 Å². The number of phenolic OH excluding ortho intramolecular Hbond substituents is 1. The van der Waals surface area contributed by atoms with Crippen LogP contribution in [0.2, 0.25) is 5.02 Å². The monoisotopic (exact) mass is 403 g/mol. The molecule has 2 heterocycles. The quantitative estimate of drug-likeness (QED) is 0.462. The maximum absolute atomic E-state index is 13.2. The molecule has 5 nitrogen and oxygen atoms in total. The van der Waals surface area contributed by atoms with E-state index in [0.717, 1.165) is 11.3 Å². The third kappa shape index (κ3) is 4.05. The molecule has 1 unspecified atom stereocenters. The van der Waals surface area contributed by atoms with E-state index >= 15 is 0 Å². The van der Waals surface area contributed by atoms with Crippen molar-refractivity contribution in [3.05, 3.63) is 95.4 Å². The number of benzene rings is 2. The molecular formula is C23H18ClN3O2. The number of aromatic hydroxyl groups is 1. The van der Waals surface area contributed by atoms with Crippen LogP contribution in [0.25, 0.3) is 10.9 Å². The lowest BCUT2D eigenvalue weighted by molar-refractivity contribution is -0.117. The van der Waals surface area contributed by atoms with Gasteiger partial charge in [0.05, 0.1) is 16.6 Å². The summed E-state index contributed by atoms with van der Waals surface area (Å²) in [5.74, 6) is -0.852. The van der Waals surface area contributed by atoms with Crippen molar-refractivity contribution >= 4 is 34.1 Å². The molecule has 0 bridgehead atoms. The average molecular weight is 404 g/mol. The van der Waals surface area contributed by atoms with Gasteiger partial charge in [0.15, 0.2) is 5.75 Å². The highest BCUT2D eigenvalue weighted by Gasteiger charge is 2.23. The number of carbonyl (C=O) groups is 1. The summed E-state index contributed by atoms with van der Waals surface area (Å²) in [6, 6.07) is 20.2. The number of rotatable bonds is 5. The molecule has 6 heteroatoms. The number of pyridine rings is 2. The molecule has 2 aromatic heterocycles. The number of phenols is 1. The lowest BCUT2D eigenvalue weighted by Crippen LogP contribution is -2.23. The summed E-state index contributed by atoms with van der Waals surface area (Å²) < 4.78 is 0. The van der Waals surface area contributed by atoms with Crippen molar-refractivity contribution in [2.75, 3.05) is 5.32 Å². The molecule has 0 saturated heterocycles. The van der Waals surface area contributed by atoms with Gasteiger partial charge in [-0.2, -0.15) is 0 Å². The van der Waals surface area contributed by atoms with E-state index in [9.17, 15) is 9.90 Å². The summed E-state index contributed by atoms with van der Waals surface area (Å²) in [7, 11) is 0. The molecule has 0 saturated carbocycles. The van der Waals surface area contributed by atoms with Crippen molar-refractivity contribution in [2.24, 2.45) is 0 Å². The molecule has 1 atom stereocenters. The number of amides is 1. The zero-order valence-electron chi connectivity index (χ0n) is 15.4. The molecule has 0 radical (unpaired) electrons. The average Bonchev–Trinajstić information content (AvgIpc) is 2.77. The van der Waals surface area contributed by atoms with Gasteiger partial charge in [-0.1, -0.05) is 48.0 Å². The second-order valence-corrected chi connectivity index (χ2v) is 7.04. The number of aromatic nitrogens is 2. The van der Waals surface area contributed by atoms with E-state index in [1.807, 2.05) is 48.5 Å². The van der Waals surface area contributed by atoms with Gasteiger partial charge in [-0.05, 0) is 35.9 Å². The molecule has 0 spiro atoms. The normalized spacial score (nSPS) is 11.9. The highest BCUT2D eigenvalue weighted by molar-refractivity contribution is 6.36. The Balaban J connectivity index is 1.68. The SMILES string of the molecule is O=C(Nc1cc(Cl)c2cccnc2c1O)C(Cc1ccccn1)c1ccccc1. The predicted octanol–water partition coefficient (Wildman–Crippen LogP) is 4.95. The Morgan fingerprint density at radius 1 is 1.00 bits per heavy atom. The standard InChI is InChI=1S/C23H18ClN3O2/c24-19-14-20(22(28)21-17(19)10-6-12-26-21)27-23(29)18(15-7-2-1-3-8-15)13-16-9-4-5-11-25-16/h1-12,14,18,28H,13H2,(H,27,29). The van der Waals surface area contributed by atoms with Gasteiger partial charge in [-0.15, -0.1) is 0 Å². The van der Waals surface area contributed by atoms with E-state index in [4.69, 9.17) is 11.6 Å². The zero-order chi connectivity index (χ0) is 20.2. The molecule has 0 fully saturated rings. The van der Waals surface area contributed by atoms with Crippen LogP contribution in [0.15, 0.2) is 79.1 Å². The van der Waals surface area contributed by atoms with Gasteiger partial charge in [-0.3, -0.25) is 14.8 Å². The Labute approximate surface area is 173 Å². The summed E-state index contributed by atoms with van der Waals surface area (Å²) in [5.41, 5.74) is 2.24. The van der Waals surface area contributed by atoms with Crippen LogP contribution in [0.5, 0.6) is 5.75 Å². The number of fused-ring (bicyclic) bond motifs is 1. The van der Waals surface area contributed by atoms with Gasteiger partial charge in [0.25, 0.3) is 0 Å². The minimum atomic E-state index is -0.483. The molecule has 2 N–H and O–H groups in total. The molecule has 1 amide bonds. The molecule has 4 aromatic rings. The topological polar surface area (TPSA) is 75.1 Å². The fourth-order valence-electron chi connectivity index (χ4n) is 3.28. The number of hydrogen-bond donors (Lipinski definition) is 2. The Bertz CT molecular complexity index is 1150. The van der Waals surface area contributed by atoms with Crippen molar-refractivity contribution in [2.45, 2.75) is 12.3 Å². The van der Waals surface area contributed by atoms with E-state index < -0.39 is 5.92 Å². The third-order valence-electron chi connectivity index (χ3n) is 4.73. The largest absolute Gasteiger partial charge is 0.504 e. The zero-order valence-corrected chi connectivity index (χ0v) is 16.2. The smallest absolute Gasteiger partial charge is 0.232 e. The molecule has 0 aliphatic rings. The summed E-state index contributed by atoms with van der Waals surface area (Å²) in [6.07, 6.45) is 3.70. The highest BCUT2D eigenvalue weighted by Crippen LogP contribution is 2.37. The molecule has 4 rings (SSSR count). The lowest BCUT2D eigenvalue weighted by atomic mass is 9.93. The number of carbonyl (C=O) groups excluding carboxylic acids is 1. The first kappa shape index (κ1) is 18.9. The molecule has 144 valence electrons. The number of anilines is 1. The number of halogens is 1. The van der Waals surface area contributed by atoms with Crippen molar-refractivity contribution in [3.63, 3.8) is 0 Å². The van der Waals surface area contributed by atoms with Gasteiger partial charge in [-0.25, -0.2) is 0 Å². The number of nitrogens with one attached hydrogen (secondary N) is 1. The van der Waals surface area contributed by atoms with Crippen molar-refractivity contribution < 1.29 is 9.90 Å². The Kier molecular flexibility index (Phi) is 5.40. The maximum atomic E-state index is 13.2. The predicted molar refractivity (Wildman–Crippen MR) is 114 cm³/mol. The Morgan fingerprint density at radius 2 is 1.76 bits per heavy atom. The molecule has 0 aliphatic heterocycles. The van der Waals surface area contributed by atoms with Gasteiger partial charge in [0.2, 0.25) is 5.91 Å². The Hall–Kier alpha value is -3.44. The van der Waals surface area contributed by atoms with E-state index in [1.54, 1.807) is 30.6 Å². The molecular weight excluding hydrogens is 386 g/mol. The second-order valence-electron chi connectivity index (χ2n) is 6.63. The van der Waals surface area contributed by atoms with E-state index in [-0.39, 0.29) is 17.3 Å². The first-order valence-electron chi connectivity index (χ1n) is 9.15. The van der Waals surface area contributed by atoms with Crippen LogP contribution in [0, 0.1) is 0 Å². The van der Waals surface area contributed by atoms with Crippen molar-refractivity contribution in [3.8, 4) is 5.75 Å². The fourth-order valence-corrected chi connectivity index (χ4v) is 3.54. The van der Waals surface area contributed by atoms with Crippen LogP contribution in [0.3, 0.4) is 0 Å². The number of nitrogens with zero attached hydrogens (tertiary/aromatic N) is 2. The van der Waals surface area contributed by atoms with Crippen LogP contribution >= 0.6 is 11.6 Å². The molecule has 2 aromatic carbocycles. The van der Waals surface area contributed by atoms with E-state index in [1.165, 1.54) is 0 Å². The second kappa shape index (κ2) is 8.29. The van der Waals surface area contributed by atoms with Crippen LogP contribution in [0.1, 0.15) is 17.2 Å². The van der Waals surface area contributed by atoms with Crippen LogP contribution in [0.4, 0.5) is 5.69 Å². The van der Waals surface area contributed by atoms with Crippen LogP contribution in [-0.4, -0.2) is 21.0 Å². The minimum absolute atomic E-state index is 0.108. The summed E-state index contributed by atoms with van der Waals surface area (Å²) in [6.45, 7) is 0. The first-order valence-corrected chi connectivity index (χ1v) is 9.53. The summed E-state index contributed by atoms with van der Waals surface area (Å²) >= 11 is 6.33. The minimum Gasteiger partial charge on any atom is -0.504 e. The number of hydrogen-bond acceptors (Lipinski definition) is 4. The molecule has 0 aliphatic carbocycles. The van der Waals surface area contributed by atoms with Gasteiger partial charge < -0.3 is 10.4 Å². The van der Waals surface area contributed by atoms with Gasteiger partial charge in [0, 0.05) is 29.9 Å². The third-order valence-corrected chi connectivity index (χ3v) is 5.04. The fraction of sp³-hybridized carbons (Fsp3) is 0.0870. The highest BCUT2D eigenvalue weighted by atomic mass is 35.5. The first-order chi connectivity index (χ1) is 14.1. The van der Waals surface area contributed by atoms with Gasteiger partial charge in [0.1, 0.15) is 5.52 Å². The summed E-state index contributed by atoms with van der Waals surface area (Å²) in [4.78, 5) is 21.7. The van der Waals surface area contributed by atoms with Gasteiger partial charge >= 0.3 is 0 Å². The van der Waals surface area contributed by atoms with Crippen molar-refractivity contribution in [1.82, 2.24) is 9.97 Å².